The molecule has 0 spiro atoms. The minimum Gasteiger partial charge on any atom is -0.323 e. The van der Waals surface area contributed by atoms with Crippen molar-refractivity contribution < 1.29 is 21.6 Å². The highest BCUT2D eigenvalue weighted by Crippen LogP contribution is 2.18. The molecule has 11 heteroatoms. The number of amides is 2. The Morgan fingerprint density at radius 3 is 1.77 bits per heavy atom. The molecule has 1 aromatic carbocycles. The molecule has 0 aliphatic carbocycles. The molecule has 0 atom stereocenters. The Kier molecular flexibility index (Phi) is 20.4. The Hall–Kier alpha value is -1.69. The molecule has 2 saturated heterocycles. The van der Waals surface area contributed by atoms with Gasteiger partial charge in [-0.3, -0.25) is 0 Å². The summed E-state index contributed by atoms with van der Waals surface area (Å²) in [5.41, 5.74) is 0. The second-order valence-electron chi connectivity index (χ2n) is 12.8. The van der Waals surface area contributed by atoms with Gasteiger partial charge in [0.25, 0.3) is 10.2 Å². The van der Waals surface area contributed by atoms with E-state index in [4.69, 9.17) is 0 Å². The third kappa shape index (κ3) is 15.1. The first-order valence-corrected chi connectivity index (χ1v) is 19.3. The molecule has 0 unspecified atom stereocenters. The summed E-state index contributed by atoms with van der Waals surface area (Å²) in [6.45, 7) is 23.0. The average molecular weight is 661 g/mol. The summed E-state index contributed by atoms with van der Waals surface area (Å²) in [5.74, 6) is 1.64. The Bertz CT molecular complexity index is 1130. The monoisotopic (exact) mass is 660 g/mol. The number of rotatable bonds is 14. The van der Waals surface area contributed by atoms with E-state index in [1.54, 1.807) is 32.9 Å². The molecule has 3 rings (SSSR count). The summed E-state index contributed by atoms with van der Waals surface area (Å²) in [6.07, 6.45) is 5.00. The highest BCUT2D eigenvalue weighted by atomic mass is 32.2. The number of carbonyl (C=O) groups is 1. The normalized spacial score (nSPS) is 17.0. The smallest absolute Gasteiger partial charge is 0.320 e. The third-order valence-electron chi connectivity index (χ3n) is 7.20. The lowest BCUT2D eigenvalue weighted by molar-refractivity contribution is 0.187. The summed E-state index contributed by atoms with van der Waals surface area (Å²) < 4.78 is 50.7. The summed E-state index contributed by atoms with van der Waals surface area (Å²) in [7, 11) is -6.18. The summed E-state index contributed by atoms with van der Waals surface area (Å²) in [5, 5.41) is 0. The molecule has 258 valence electrons. The first-order chi connectivity index (χ1) is 20.1. The van der Waals surface area contributed by atoms with Crippen LogP contribution in [0, 0.1) is 17.8 Å². The van der Waals surface area contributed by atoms with Crippen LogP contribution in [0.2, 0.25) is 0 Å². The Balaban J connectivity index is 0.000000624. The maximum absolute atomic E-state index is 12.0. The molecule has 44 heavy (non-hydrogen) atoms. The molecule has 2 aliphatic rings. The van der Waals surface area contributed by atoms with Crippen molar-refractivity contribution in [1.29, 1.82) is 0 Å². The number of hydrogen-bond acceptors (Lipinski definition) is 5. The van der Waals surface area contributed by atoms with E-state index in [1.807, 2.05) is 43.6 Å². The fourth-order valence-corrected chi connectivity index (χ4v) is 8.09. The lowest BCUT2D eigenvalue weighted by atomic mass is 10.2. The fourth-order valence-electron chi connectivity index (χ4n) is 4.71. The maximum atomic E-state index is 12.0. The second-order valence-corrected chi connectivity index (χ2v) is 16.8. The fraction of sp³-hybridized carbons (Fsp3) is 0.788. The van der Waals surface area contributed by atoms with Gasteiger partial charge in [-0.2, -0.15) is 17.0 Å². The third-order valence-corrected chi connectivity index (χ3v) is 11.0. The van der Waals surface area contributed by atoms with Gasteiger partial charge in [-0.15, -0.1) is 0 Å². The molecule has 2 aliphatic heterocycles. The number of sulfone groups is 1. The second kappa shape index (κ2) is 21.2. The maximum Gasteiger partial charge on any atom is 0.320 e. The van der Waals surface area contributed by atoms with E-state index in [0.29, 0.717) is 48.8 Å². The van der Waals surface area contributed by atoms with Crippen LogP contribution >= 0.6 is 0 Å². The standard InChI is InChI=1S/C11H22N2O.C11H16O2S.C10H22N2O2S.CH4/c1-4-5-6-12-7-8-13(11(12)14)9-10(2)3;1-10(2)8-9-14(12,13)11-6-4-3-5-7-11;1-4-5-6-11-7-8-12(9-10(2)3)15(11,13)14;/h10H,4-9H2,1-3H3;3-7,10H,8-9H2,1-2H3;10H,4-9H2,1-3H3;1H4. The van der Waals surface area contributed by atoms with Gasteiger partial charge in [0.2, 0.25) is 0 Å². The highest BCUT2D eigenvalue weighted by Gasteiger charge is 2.35. The van der Waals surface area contributed by atoms with E-state index >= 15 is 0 Å². The first-order valence-electron chi connectivity index (χ1n) is 16.2. The predicted octanol–water partition coefficient (Wildman–Crippen LogP) is 6.63. The predicted molar refractivity (Wildman–Crippen MR) is 185 cm³/mol. The molecular formula is C33H64N4O5S2. The zero-order chi connectivity index (χ0) is 32.6. The SMILES string of the molecule is C.CC(C)CCS(=O)(=O)c1ccccc1.CCCCN1CCN(CC(C)C)C1=O.CCCCN1CCN(CC(C)C)S1(=O)=O. The van der Waals surface area contributed by atoms with Crippen LogP contribution in [-0.4, -0.2) is 99.4 Å². The number of carbonyl (C=O) groups excluding carboxylic acids is 1. The zero-order valence-electron chi connectivity index (χ0n) is 28.2. The van der Waals surface area contributed by atoms with E-state index in [1.165, 1.54) is 0 Å². The zero-order valence-corrected chi connectivity index (χ0v) is 29.8. The summed E-state index contributed by atoms with van der Waals surface area (Å²) in [6, 6.07) is 8.87. The number of urea groups is 1. The molecule has 0 saturated carbocycles. The minimum atomic E-state index is -3.13. The average Bonchev–Trinajstić information content (AvgIpc) is 3.42. The van der Waals surface area contributed by atoms with Gasteiger partial charge in [-0.05, 0) is 49.1 Å². The van der Waals surface area contributed by atoms with E-state index < -0.39 is 20.0 Å². The topological polar surface area (TPSA) is 98.3 Å². The quantitative estimate of drug-likeness (QED) is 0.223. The number of nitrogens with zero attached hydrogens (tertiary/aromatic N) is 4. The van der Waals surface area contributed by atoms with Crippen molar-refractivity contribution in [1.82, 2.24) is 18.4 Å². The lowest BCUT2D eigenvalue weighted by Gasteiger charge is -2.19. The van der Waals surface area contributed by atoms with Crippen molar-refractivity contribution in [3.05, 3.63) is 30.3 Å². The van der Waals surface area contributed by atoms with Gasteiger partial charge < -0.3 is 9.80 Å². The summed E-state index contributed by atoms with van der Waals surface area (Å²) in [4.78, 5) is 16.2. The molecule has 0 N–H and O–H groups in total. The van der Waals surface area contributed by atoms with Crippen LogP contribution in [0.25, 0.3) is 0 Å². The van der Waals surface area contributed by atoms with Gasteiger partial charge in [0.05, 0.1) is 10.6 Å². The molecule has 1 aromatic rings. The summed E-state index contributed by atoms with van der Waals surface area (Å²) >= 11 is 0. The van der Waals surface area contributed by atoms with Crippen LogP contribution in [0.5, 0.6) is 0 Å². The van der Waals surface area contributed by atoms with E-state index in [-0.39, 0.29) is 19.2 Å². The van der Waals surface area contributed by atoms with Gasteiger partial charge >= 0.3 is 6.03 Å². The van der Waals surface area contributed by atoms with E-state index in [9.17, 15) is 21.6 Å². The van der Waals surface area contributed by atoms with Crippen LogP contribution in [0.3, 0.4) is 0 Å². The lowest BCUT2D eigenvalue weighted by Crippen LogP contribution is -2.35. The van der Waals surface area contributed by atoms with Crippen molar-refractivity contribution in [3.8, 4) is 0 Å². The van der Waals surface area contributed by atoms with Gasteiger partial charge in [0.1, 0.15) is 0 Å². The molecule has 0 aromatic heterocycles. The van der Waals surface area contributed by atoms with Gasteiger partial charge in [-0.1, -0.05) is 93.9 Å². The molecule has 2 fully saturated rings. The first kappa shape index (κ1) is 42.3. The van der Waals surface area contributed by atoms with Crippen molar-refractivity contribution in [3.63, 3.8) is 0 Å². The van der Waals surface area contributed by atoms with Crippen molar-refractivity contribution in [2.75, 3.05) is 58.1 Å². The van der Waals surface area contributed by atoms with Crippen LogP contribution in [0.4, 0.5) is 4.79 Å². The van der Waals surface area contributed by atoms with Crippen molar-refractivity contribution >= 4 is 26.1 Å². The molecule has 2 heterocycles. The van der Waals surface area contributed by atoms with Gasteiger partial charge in [0.15, 0.2) is 9.84 Å². The number of unbranched alkanes of at least 4 members (excludes halogenated alkanes) is 2. The molecule has 0 radical (unpaired) electrons. The van der Waals surface area contributed by atoms with Crippen LogP contribution in [0.1, 0.15) is 94.9 Å². The number of hydrogen-bond donors (Lipinski definition) is 0. The minimum absolute atomic E-state index is 0. The van der Waals surface area contributed by atoms with Crippen LogP contribution in [-0.2, 0) is 20.0 Å². The van der Waals surface area contributed by atoms with E-state index in [2.05, 4.69) is 27.7 Å². The largest absolute Gasteiger partial charge is 0.323 e. The van der Waals surface area contributed by atoms with Crippen molar-refractivity contribution in [2.45, 2.75) is 99.8 Å². The Labute approximate surface area is 271 Å². The van der Waals surface area contributed by atoms with E-state index in [0.717, 1.165) is 58.3 Å². The number of benzene rings is 1. The molecule has 2 amide bonds. The molecular weight excluding hydrogens is 597 g/mol. The Morgan fingerprint density at radius 2 is 1.25 bits per heavy atom. The van der Waals surface area contributed by atoms with Crippen molar-refractivity contribution in [2.24, 2.45) is 17.8 Å². The molecule has 9 nitrogen and oxygen atoms in total. The highest BCUT2D eigenvalue weighted by molar-refractivity contribution is 7.91. The van der Waals surface area contributed by atoms with Gasteiger partial charge in [0, 0.05) is 52.4 Å². The van der Waals surface area contributed by atoms with Crippen LogP contribution in [0.15, 0.2) is 35.2 Å². The van der Waals surface area contributed by atoms with Crippen LogP contribution < -0.4 is 0 Å². The van der Waals surface area contributed by atoms with Gasteiger partial charge in [-0.25, -0.2) is 13.2 Å². The Morgan fingerprint density at radius 1 is 0.727 bits per heavy atom. The molecule has 0 bridgehead atoms.